The molecule has 1 aromatic carbocycles. The predicted octanol–water partition coefficient (Wildman–Crippen LogP) is 4.30. The van der Waals surface area contributed by atoms with Gasteiger partial charge in [0.15, 0.2) is 6.61 Å². The number of ketones is 1. The van der Waals surface area contributed by atoms with E-state index in [4.69, 9.17) is 11.6 Å². The number of hydrogen-bond donors (Lipinski definition) is 1. The maximum atomic E-state index is 12.4. The van der Waals surface area contributed by atoms with Crippen LogP contribution < -0.4 is 10.1 Å². The van der Waals surface area contributed by atoms with Crippen molar-refractivity contribution < 1.29 is 27.5 Å². The summed E-state index contributed by atoms with van der Waals surface area (Å²) in [7, 11) is 0. The number of amides is 1. The van der Waals surface area contributed by atoms with Gasteiger partial charge in [-0.25, -0.2) is 0 Å². The zero-order valence-electron chi connectivity index (χ0n) is 15.1. The fourth-order valence-electron chi connectivity index (χ4n) is 2.40. The molecule has 1 N–H and O–H groups in total. The lowest BCUT2D eigenvalue weighted by atomic mass is 10.1. The van der Waals surface area contributed by atoms with Crippen LogP contribution in [0.25, 0.3) is 0 Å². The zero-order chi connectivity index (χ0) is 20.9. The Hall–Kier alpha value is -2.61. The summed E-state index contributed by atoms with van der Waals surface area (Å²) in [6.07, 6.45) is -2.89. The molecule has 150 valence electrons. The van der Waals surface area contributed by atoms with Crippen molar-refractivity contribution in [3.63, 3.8) is 0 Å². The summed E-state index contributed by atoms with van der Waals surface area (Å²) < 4.78 is 41.4. The Kier molecular flexibility index (Phi) is 7.01. The number of carbonyl (C=O) groups excluding carboxylic acids is 2. The minimum absolute atomic E-state index is 0.00973. The average Bonchev–Trinajstić information content (AvgIpc) is 2.59. The maximum absolute atomic E-state index is 12.4. The Morgan fingerprint density at radius 1 is 1.25 bits per heavy atom. The van der Waals surface area contributed by atoms with Crippen LogP contribution >= 0.6 is 11.6 Å². The molecule has 5 nitrogen and oxygen atoms in total. The standard InChI is InChI=1S/C19H18ClF3N2O3/c1-11(26)7-15-8-14(5-6-24-15)18(27)25-12(2)13-3-4-17(16(20)9-13)28-10-19(21,22)23/h3-6,8-9,12H,7,10H2,1-2H3,(H,25,27). The minimum atomic E-state index is -4.46. The van der Waals surface area contributed by atoms with Gasteiger partial charge in [0, 0.05) is 23.9 Å². The van der Waals surface area contributed by atoms with Gasteiger partial charge in [-0.3, -0.25) is 14.6 Å². The highest BCUT2D eigenvalue weighted by atomic mass is 35.5. The minimum Gasteiger partial charge on any atom is -0.483 e. The van der Waals surface area contributed by atoms with Gasteiger partial charge in [-0.1, -0.05) is 17.7 Å². The fraction of sp³-hybridized carbons (Fsp3) is 0.316. The van der Waals surface area contributed by atoms with Crippen LogP contribution in [0.2, 0.25) is 5.02 Å². The monoisotopic (exact) mass is 414 g/mol. The number of Topliss-reactive ketones (excluding diaryl/α,β-unsaturated/α-hetero) is 1. The normalized spacial score (nSPS) is 12.4. The lowest BCUT2D eigenvalue weighted by Crippen LogP contribution is -2.27. The molecule has 1 unspecified atom stereocenters. The second-order valence-electron chi connectivity index (χ2n) is 6.20. The third kappa shape index (κ3) is 6.53. The molecule has 1 amide bonds. The third-order valence-electron chi connectivity index (χ3n) is 3.70. The largest absolute Gasteiger partial charge is 0.483 e. The Balaban J connectivity index is 2.06. The Labute approximate surface area is 164 Å². The van der Waals surface area contributed by atoms with Gasteiger partial charge < -0.3 is 10.1 Å². The van der Waals surface area contributed by atoms with Gasteiger partial charge in [-0.2, -0.15) is 13.2 Å². The summed E-state index contributed by atoms with van der Waals surface area (Å²) in [6, 6.07) is 6.87. The number of nitrogens with one attached hydrogen (secondary N) is 1. The molecule has 2 aromatic rings. The molecule has 9 heteroatoms. The van der Waals surface area contributed by atoms with Crippen molar-refractivity contribution in [2.24, 2.45) is 0 Å². The summed E-state index contributed by atoms with van der Waals surface area (Å²) >= 11 is 5.98. The highest BCUT2D eigenvalue weighted by molar-refractivity contribution is 6.32. The van der Waals surface area contributed by atoms with E-state index in [0.29, 0.717) is 16.8 Å². The van der Waals surface area contributed by atoms with Gasteiger partial charge in [-0.15, -0.1) is 0 Å². The van der Waals surface area contributed by atoms with Crippen molar-refractivity contribution in [2.45, 2.75) is 32.5 Å². The van der Waals surface area contributed by atoms with Crippen LogP contribution in [0.3, 0.4) is 0 Å². The average molecular weight is 415 g/mol. The van der Waals surface area contributed by atoms with Crippen LogP contribution in [0.5, 0.6) is 5.75 Å². The van der Waals surface area contributed by atoms with E-state index in [1.165, 1.54) is 43.5 Å². The summed E-state index contributed by atoms with van der Waals surface area (Å²) in [5.74, 6) is -0.543. The molecule has 1 aromatic heterocycles. The second-order valence-corrected chi connectivity index (χ2v) is 6.61. The van der Waals surface area contributed by atoms with E-state index in [9.17, 15) is 22.8 Å². The Morgan fingerprint density at radius 2 is 1.96 bits per heavy atom. The Morgan fingerprint density at radius 3 is 2.57 bits per heavy atom. The number of benzene rings is 1. The Bertz CT molecular complexity index is 872. The van der Waals surface area contributed by atoms with Gasteiger partial charge in [-0.05, 0) is 43.7 Å². The lowest BCUT2D eigenvalue weighted by Gasteiger charge is -2.16. The number of carbonyl (C=O) groups is 2. The summed E-state index contributed by atoms with van der Waals surface area (Å²) in [5.41, 5.74) is 1.42. The number of halogens is 4. The van der Waals surface area contributed by atoms with Crippen LogP contribution in [0.4, 0.5) is 13.2 Å². The molecule has 0 spiro atoms. The molecular weight excluding hydrogens is 397 g/mol. The highest BCUT2D eigenvalue weighted by Gasteiger charge is 2.28. The van der Waals surface area contributed by atoms with Crippen molar-refractivity contribution >= 4 is 23.3 Å². The first-order valence-corrected chi connectivity index (χ1v) is 8.67. The van der Waals surface area contributed by atoms with Gasteiger partial charge in [0.1, 0.15) is 11.5 Å². The third-order valence-corrected chi connectivity index (χ3v) is 4.00. The predicted molar refractivity (Wildman–Crippen MR) is 97.5 cm³/mol. The number of aromatic nitrogens is 1. The number of rotatable bonds is 7. The number of nitrogens with zero attached hydrogens (tertiary/aromatic N) is 1. The van der Waals surface area contributed by atoms with Crippen LogP contribution in [0.1, 0.15) is 41.5 Å². The van der Waals surface area contributed by atoms with Crippen LogP contribution in [0.15, 0.2) is 36.5 Å². The number of ether oxygens (including phenoxy) is 1. The molecule has 0 radical (unpaired) electrons. The van der Waals surface area contributed by atoms with Crippen LogP contribution in [-0.4, -0.2) is 29.5 Å². The number of alkyl halides is 3. The van der Waals surface area contributed by atoms with Crippen LogP contribution in [0, 0.1) is 0 Å². The SMILES string of the molecule is CC(=O)Cc1cc(C(=O)NC(C)c2ccc(OCC(F)(F)F)c(Cl)c2)ccn1. The van der Waals surface area contributed by atoms with Crippen molar-refractivity contribution in [2.75, 3.05) is 6.61 Å². The molecule has 28 heavy (non-hydrogen) atoms. The van der Waals surface area contributed by atoms with Crippen molar-refractivity contribution in [3.05, 3.63) is 58.4 Å². The molecule has 0 bridgehead atoms. The summed E-state index contributed by atoms with van der Waals surface area (Å²) in [5, 5.41) is 2.77. The lowest BCUT2D eigenvalue weighted by molar-refractivity contribution is -0.153. The van der Waals surface area contributed by atoms with E-state index in [-0.39, 0.29) is 28.9 Å². The molecule has 0 saturated heterocycles. The molecule has 0 aliphatic heterocycles. The van der Waals surface area contributed by atoms with Crippen LogP contribution in [-0.2, 0) is 11.2 Å². The quantitative estimate of drug-likeness (QED) is 0.733. The van der Waals surface area contributed by atoms with E-state index in [1.807, 2.05) is 0 Å². The maximum Gasteiger partial charge on any atom is 0.422 e. The molecule has 0 aliphatic rings. The van der Waals surface area contributed by atoms with E-state index in [0.717, 1.165) is 0 Å². The summed E-state index contributed by atoms with van der Waals surface area (Å²) in [4.78, 5) is 27.7. The summed E-state index contributed by atoms with van der Waals surface area (Å²) in [6.45, 7) is 1.70. The first kappa shape index (κ1) is 21.7. The molecule has 1 heterocycles. The molecule has 2 rings (SSSR count). The van der Waals surface area contributed by atoms with Gasteiger partial charge in [0.2, 0.25) is 0 Å². The van der Waals surface area contributed by atoms with E-state index in [2.05, 4.69) is 15.0 Å². The zero-order valence-corrected chi connectivity index (χ0v) is 15.9. The first-order chi connectivity index (χ1) is 13.0. The molecule has 1 atom stereocenters. The van der Waals surface area contributed by atoms with E-state index < -0.39 is 18.8 Å². The van der Waals surface area contributed by atoms with E-state index >= 15 is 0 Å². The smallest absolute Gasteiger partial charge is 0.422 e. The molecular formula is C19H18ClF3N2O3. The van der Waals surface area contributed by atoms with Gasteiger partial charge in [0.05, 0.1) is 11.1 Å². The molecule has 0 fully saturated rings. The van der Waals surface area contributed by atoms with Crippen molar-refractivity contribution in [3.8, 4) is 5.75 Å². The van der Waals surface area contributed by atoms with Crippen molar-refractivity contribution in [1.29, 1.82) is 0 Å². The molecule has 0 aliphatic carbocycles. The molecule has 0 saturated carbocycles. The number of hydrogen-bond acceptors (Lipinski definition) is 4. The van der Waals surface area contributed by atoms with Gasteiger partial charge >= 0.3 is 6.18 Å². The fourth-order valence-corrected chi connectivity index (χ4v) is 2.64. The first-order valence-electron chi connectivity index (χ1n) is 8.29. The van der Waals surface area contributed by atoms with Crippen molar-refractivity contribution in [1.82, 2.24) is 10.3 Å². The van der Waals surface area contributed by atoms with Gasteiger partial charge in [0.25, 0.3) is 5.91 Å². The topological polar surface area (TPSA) is 68.3 Å². The van der Waals surface area contributed by atoms with E-state index in [1.54, 1.807) is 6.92 Å². The number of pyridine rings is 1. The second kappa shape index (κ2) is 9.05. The highest BCUT2D eigenvalue weighted by Crippen LogP contribution is 2.29.